The number of anilines is 1. The average Bonchev–Trinajstić information content (AvgIpc) is 2.84. The Morgan fingerprint density at radius 1 is 1.56 bits per heavy atom. The summed E-state index contributed by atoms with van der Waals surface area (Å²) >= 11 is 6.14. The molecule has 96 valence electrons. The first-order valence-corrected chi connectivity index (χ1v) is 6.80. The van der Waals surface area contributed by atoms with Gasteiger partial charge < -0.3 is 5.32 Å². The van der Waals surface area contributed by atoms with Crippen molar-refractivity contribution in [1.82, 2.24) is 4.90 Å². The van der Waals surface area contributed by atoms with Gasteiger partial charge in [0.1, 0.15) is 0 Å². The molecule has 0 aliphatic carbocycles. The van der Waals surface area contributed by atoms with Crippen LogP contribution in [0.5, 0.6) is 0 Å². The summed E-state index contributed by atoms with van der Waals surface area (Å²) in [5.41, 5.74) is 1.51. The second kappa shape index (κ2) is 6.08. The maximum Gasteiger partial charge on any atom is 0.0992 e. The summed E-state index contributed by atoms with van der Waals surface area (Å²) in [6, 6.07) is 8.06. The van der Waals surface area contributed by atoms with Crippen molar-refractivity contribution in [1.29, 1.82) is 5.26 Å². The lowest BCUT2D eigenvalue weighted by atomic mass is 10.2. The van der Waals surface area contributed by atoms with Crippen molar-refractivity contribution in [3.63, 3.8) is 0 Å². The van der Waals surface area contributed by atoms with Gasteiger partial charge >= 0.3 is 0 Å². The molecule has 0 bridgehead atoms. The van der Waals surface area contributed by atoms with E-state index in [9.17, 15) is 0 Å². The van der Waals surface area contributed by atoms with Crippen molar-refractivity contribution < 1.29 is 0 Å². The highest BCUT2D eigenvalue weighted by molar-refractivity contribution is 6.33. The van der Waals surface area contributed by atoms with Gasteiger partial charge in [0, 0.05) is 12.6 Å². The SMILES string of the molecule is CCN1CCCC1CNc1ccc(C#N)cc1Cl. The van der Waals surface area contributed by atoms with Gasteiger partial charge in [-0.2, -0.15) is 5.26 Å². The van der Waals surface area contributed by atoms with Crippen LogP contribution in [0.4, 0.5) is 5.69 Å². The van der Waals surface area contributed by atoms with Gasteiger partial charge in [-0.05, 0) is 44.1 Å². The Morgan fingerprint density at radius 3 is 3.06 bits per heavy atom. The number of nitrogens with one attached hydrogen (secondary N) is 1. The molecule has 0 saturated carbocycles. The van der Waals surface area contributed by atoms with Gasteiger partial charge in [-0.1, -0.05) is 18.5 Å². The smallest absolute Gasteiger partial charge is 0.0992 e. The molecule has 1 N–H and O–H groups in total. The van der Waals surface area contributed by atoms with E-state index in [2.05, 4.69) is 23.2 Å². The first-order chi connectivity index (χ1) is 8.74. The normalized spacial score (nSPS) is 19.7. The van der Waals surface area contributed by atoms with E-state index in [0.717, 1.165) is 18.8 Å². The molecular weight excluding hydrogens is 246 g/mol. The molecule has 3 nitrogen and oxygen atoms in total. The quantitative estimate of drug-likeness (QED) is 0.907. The van der Waals surface area contributed by atoms with E-state index in [1.165, 1.54) is 19.4 Å². The summed E-state index contributed by atoms with van der Waals surface area (Å²) < 4.78 is 0. The lowest BCUT2D eigenvalue weighted by Gasteiger charge is -2.23. The lowest BCUT2D eigenvalue weighted by molar-refractivity contribution is 0.277. The largest absolute Gasteiger partial charge is 0.382 e. The first-order valence-electron chi connectivity index (χ1n) is 6.42. The number of nitrogens with zero attached hydrogens (tertiary/aromatic N) is 2. The molecule has 1 saturated heterocycles. The van der Waals surface area contributed by atoms with Gasteiger partial charge in [-0.3, -0.25) is 4.90 Å². The van der Waals surface area contributed by atoms with Gasteiger partial charge in [0.2, 0.25) is 0 Å². The predicted molar refractivity (Wildman–Crippen MR) is 74.9 cm³/mol. The Morgan fingerprint density at radius 2 is 2.39 bits per heavy atom. The summed E-state index contributed by atoms with van der Waals surface area (Å²) in [5.74, 6) is 0. The van der Waals surface area contributed by atoms with Crippen molar-refractivity contribution in [2.24, 2.45) is 0 Å². The third-order valence-electron chi connectivity index (χ3n) is 3.53. The first kappa shape index (κ1) is 13.2. The number of likely N-dealkylation sites (N-methyl/N-ethyl adjacent to an activating group) is 1. The molecule has 0 radical (unpaired) electrons. The zero-order valence-corrected chi connectivity index (χ0v) is 11.4. The summed E-state index contributed by atoms with van der Waals surface area (Å²) in [5, 5.41) is 12.8. The van der Waals surface area contributed by atoms with E-state index in [1.54, 1.807) is 12.1 Å². The second-order valence-corrected chi connectivity index (χ2v) is 5.02. The van der Waals surface area contributed by atoms with Crippen molar-refractivity contribution in [3.05, 3.63) is 28.8 Å². The highest BCUT2D eigenvalue weighted by Gasteiger charge is 2.22. The second-order valence-electron chi connectivity index (χ2n) is 4.61. The van der Waals surface area contributed by atoms with E-state index < -0.39 is 0 Å². The van der Waals surface area contributed by atoms with E-state index in [-0.39, 0.29) is 0 Å². The maximum atomic E-state index is 8.79. The van der Waals surface area contributed by atoms with Gasteiger partial charge in [0.15, 0.2) is 0 Å². The number of benzene rings is 1. The average molecular weight is 264 g/mol. The Balaban J connectivity index is 1.96. The molecule has 1 aliphatic rings. The fourth-order valence-electron chi connectivity index (χ4n) is 2.50. The van der Waals surface area contributed by atoms with Gasteiger partial charge in [-0.25, -0.2) is 0 Å². The van der Waals surface area contributed by atoms with Crippen molar-refractivity contribution >= 4 is 17.3 Å². The molecule has 0 amide bonds. The maximum absolute atomic E-state index is 8.79. The number of halogens is 1. The summed E-state index contributed by atoms with van der Waals surface area (Å²) in [6.07, 6.45) is 2.52. The standard InChI is InChI=1S/C14H18ClN3/c1-2-18-7-3-4-12(18)10-17-14-6-5-11(9-16)8-13(14)15/h5-6,8,12,17H,2-4,7,10H2,1H3. The van der Waals surface area contributed by atoms with Crippen LogP contribution in [0.1, 0.15) is 25.3 Å². The van der Waals surface area contributed by atoms with Gasteiger partial charge in [0.05, 0.1) is 22.3 Å². The van der Waals surface area contributed by atoms with Crippen LogP contribution in [0, 0.1) is 11.3 Å². The number of hydrogen-bond donors (Lipinski definition) is 1. The number of hydrogen-bond acceptors (Lipinski definition) is 3. The highest BCUT2D eigenvalue weighted by Crippen LogP contribution is 2.24. The van der Waals surface area contributed by atoms with E-state index in [1.807, 2.05) is 6.07 Å². The Kier molecular flexibility index (Phi) is 4.46. The molecule has 1 fully saturated rings. The van der Waals surface area contributed by atoms with E-state index >= 15 is 0 Å². The molecule has 0 aromatic heterocycles. The third kappa shape index (κ3) is 2.95. The summed E-state index contributed by atoms with van der Waals surface area (Å²) in [6.45, 7) is 5.42. The fourth-order valence-corrected chi connectivity index (χ4v) is 2.75. The molecule has 1 unspecified atom stereocenters. The van der Waals surface area contributed by atoms with E-state index in [0.29, 0.717) is 16.6 Å². The number of likely N-dealkylation sites (tertiary alicyclic amines) is 1. The molecule has 1 heterocycles. The minimum atomic E-state index is 0.599. The van der Waals surface area contributed by atoms with Crippen LogP contribution in [-0.4, -0.2) is 30.6 Å². The van der Waals surface area contributed by atoms with Crippen LogP contribution in [0.3, 0.4) is 0 Å². The van der Waals surface area contributed by atoms with E-state index in [4.69, 9.17) is 16.9 Å². The third-order valence-corrected chi connectivity index (χ3v) is 3.84. The molecule has 1 aliphatic heterocycles. The number of rotatable bonds is 4. The minimum Gasteiger partial charge on any atom is -0.382 e. The molecule has 18 heavy (non-hydrogen) atoms. The zero-order chi connectivity index (χ0) is 13.0. The topological polar surface area (TPSA) is 39.1 Å². The molecule has 1 aromatic carbocycles. The zero-order valence-electron chi connectivity index (χ0n) is 10.6. The molecule has 0 spiro atoms. The fraction of sp³-hybridized carbons (Fsp3) is 0.500. The molecule has 2 rings (SSSR count). The van der Waals surface area contributed by atoms with Crippen LogP contribution in [-0.2, 0) is 0 Å². The Labute approximate surface area is 113 Å². The van der Waals surface area contributed by atoms with Gasteiger partial charge in [0.25, 0.3) is 0 Å². The van der Waals surface area contributed by atoms with Crippen LogP contribution < -0.4 is 5.32 Å². The molecular formula is C14H18ClN3. The minimum absolute atomic E-state index is 0.599. The molecule has 1 atom stereocenters. The lowest BCUT2D eigenvalue weighted by Crippen LogP contribution is -2.34. The predicted octanol–water partition coefficient (Wildman–Crippen LogP) is 3.11. The molecule has 4 heteroatoms. The number of nitriles is 1. The van der Waals surface area contributed by atoms with Gasteiger partial charge in [-0.15, -0.1) is 0 Å². The Hall–Kier alpha value is -1.24. The monoisotopic (exact) mass is 263 g/mol. The van der Waals surface area contributed by atoms with Crippen LogP contribution in [0.2, 0.25) is 5.02 Å². The molecule has 1 aromatic rings. The van der Waals surface area contributed by atoms with Crippen LogP contribution in [0.25, 0.3) is 0 Å². The van der Waals surface area contributed by atoms with Crippen molar-refractivity contribution in [3.8, 4) is 6.07 Å². The Bertz CT molecular complexity index is 453. The van der Waals surface area contributed by atoms with Crippen LogP contribution >= 0.6 is 11.6 Å². The van der Waals surface area contributed by atoms with Crippen molar-refractivity contribution in [2.45, 2.75) is 25.8 Å². The highest BCUT2D eigenvalue weighted by atomic mass is 35.5. The van der Waals surface area contributed by atoms with Crippen molar-refractivity contribution in [2.75, 3.05) is 25.0 Å². The summed E-state index contributed by atoms with van der Waals surface area (Å²) in [4.78, 5) is 2.49. The summed E-state index contributed by atoms with van der Waals surface area (Å²) in [7, 11) is 0. The van der Waals surface area contributed by atoms with Crippen LogP contribution in [0.15, 0.2) is 18.2 Å².